The molecule has 0 unspecified atom stereocenters. The summed E-state index contributed by atoms with van der Waals surface area (Å²) in [6.45, 7) is 0.151. The number of carbonyl (C=O) groups excluding carboxylic acids is 1. The predicted molar refractivity (Wildman–Crippen MR) is 67.1 cm³/mol. The molecule has 0 amide bonds. The first-order valence-corrected chi connectivity index (χ1v) is 5.62. The minimum atomic E-state index is -0.417. The molecular weight excluding hydrogens is 248 g/mol. The molecule has 2 aliphatic rings. The van der Waals surface area contributed by atoms with Gasteiger partial charge in [-0.25, -0.2) is 0 Å². The fourth-order valence-electron chi connectivity index (χ4n) is 2.15. The number of rotatable bonds is 0. The number of aromatic hydroxyl groups is 3. The van der Waals surface area contributed by atoms with Crippen molar-refractivity contribution in [1.29, 1.82) is 0 Å². The Kier molecular flexibility index (Phi) is 2.35. The maximum atomic E-state index is 11.1. The monoisotopic (exact) mass is 258 g/mol. The van der Waals surface area contributed by atoms with Crippen LogP contribution in [0.4, 0.5) is 0 Å². The van der Waals surface area contributed by atoms with Crippen LogP contribution in [0.2, 0.25) is 0 Å². The van der Waals surface area contributed by atoms with E-state index in [2.05, 4.69) is 0 Å². The van der Waals surface area contributed by atoms with Gasteiger partial charge in [0.2, 0.25) is 0 Å². The summed E-state index contributed by atoms with van der Waals surface area (Å²) in [5, 5.41) is 29.1. The van der Waals surface area contributed by atoms with E-state index in [0.717, 1.165) is 6.07 Å². The van der Waals surface area contributed by atoms with E-state index in [1.807, 2.05) is 0 Å². The summed E-state index contributed by atoms with van der Waals surface area (Å²) in [4.78, 5) is 11.1. The van der Waals surface area contributed by atoms with E-state index < -0.39 is 5.75 Å². The van der Waals surface area contributed by atoms with Crippen molar-refractivity contribution in [2.24, 2.45) is 0 Å². The summed E-state index contributed by atoms with van der Waals surface area (Å²) < 4.78 is 5.33. The zero-order valence-corrected chi connectivity index (χ0v) is 9.75. The Bertz CT molecular complexity index is 662. The molecule has 0 saturated carbocycles. The fraction of sp³-hybridized carbons (Fsp3) is 0.0714. The lowest BCUT2D eigenvalue weighted by Gasteiger charge is -2.08. The van der Waals surface area contributed by atoms with Gasteiger partial charge in [0.05, 0.1) is 5.56 Å². The molecule has 5 heteroatoms. The van der Waals surface area contributed by atoms with Gasteiger partial charge in [-0.05, 0) is 17.7 Å². The number of ketones is 1. The number of phenols is 3. The highest BCUT2D eigenvalue weighted by atomic mass is 16.5. The highest BCUT2D eigenvalue weighted by molar-refractivity contribution is 6.02. The number of fused-ring (bicyclic) bond motifs is 1. The molecule has 0 radical (unpaired) electrons. The molecule has 3 N–H and O–H groups in total. The van der Waals surface area contributed by atoms with Gasteiger partial charge in [-0.15, -0.1) is 0 Å². The van der Waals surface area contributed by atoms with Crippen molar-refractivity contribution in [2.75, 3.05) is 6.61 Å². The van der Waals surface area contributed by atoms with Gasteiger partial charge in [0.1, 0.15) is 6.61 Å². The van der Waals surface area contributed by atoms with Crippen LogP contribution in [0.5, 0.6) is 23.0 Å². The number of carbonyl (C=O) groups is 1. The molecule has 1 heterocycles. The van der Waals surface area contributed by atoms with E-state index in [1.54, 1.807) is 12.2 Å². The second-order valence-electron chi connectivity index (χ2n) is 4.26. The highest BCUT2D eigenvalue weighted by Crippen LogP contribution is 2.50. The van der Waals surface area contributed by atoms with Gasteiger partial charge < -0.3 is 20.1 Å². The van der Waals surface area contributed by atoms with Gasteiger partial charge in [-0.1, -0.05) is 12.2 Å². The SMILES string of the molecule is O=C1C=CC(=C2COc3c(O)cc(O)c(O)c32)C=C1. The normalized spacial score (nSPS) is 16.7. The van der Waals surface area contributed by atoms with Gasteiger partial charge in [-0.3, -0.25) is 4.79 Å². The molecule has 96 valence electrons. The Labute approximate surface area is 108 Å². The van der Waals surface area contributed by atoms with Crippen LogP contribution in [0.15, 0.2) is 35.9 Å². The molecular formula is C14H10O5. The molecule has 1 aliphatic heterocycles. The number of phenolic OH excluding ortho intramolecular Hbond substituents is 3. The Morgan fingerprint density at radius 2 is 1.68 bits per heavy atom. The molecule has 1 aromatic rings. The maximum Gasteiger partial charge on any atom is 0.178 e. The minimum absolute atomic E-state index is 0.119. The van der Waals surface area contributed by atoms with Crippen molar-refractivity contribution in [3.8, 4) is 23.0 Å². The first-order valence-electron chi connectivity index (χ1n) is 5.62. The third-order valence-corrected chi connectivity index (χ3v) is 3.08. The third-order valence-electron chi connectivity index (χ3n) is 3.08. The molecule has 0 atom stereocenters. The lowest BCUT2D eigenvalue weighted by atomic mass is 9.97. The summed E-state index contributed by atoms with van der Waals surface area (Å²) in [6, 6.07) is 1.03. The molecule has 0 bridgehead atoms. The molecule has 0 saturated heterocycles. The molecule has 1 aliphatic carbocycles. The van der Waals surface area contributed by atoms with E-state index in [4.69, 9.17) is 4.74 Å². The second-order valence-corrected chi connectivity index (χ2v) is 4.26. The van der Waals surface area contributed by atoms with Crippen molar-refractivity contribution in [2.45, 2.75) is 0 Å². The Balaban J connectivity index is 2.23. The number of hydrogen-bond donors (Lipinski definition) is 3. The van der Waals surface area contributed by atoms with Crippen LogP contribution in [-0.4, -0.2) is 27.7 Å². The van der Waals surface area contributed by atoms with Crippen molar-refractivity contribution >= 4 is 11.4 Å². The summed E-state index contributed by atoms with van der Waals surface area (Å²) >= 11 is 0. The number of ether oxygens (including phenoxy) is 1. The van der Waals surface area contributed by atoms with E-state index in [-0.39, 0.29) is 35.2 Å². The molecule has 0 aromatic heterocycles. The molecule has 19 heavy (non-hydrogen) atoms. The van der Waals surface area contributed by atoms with Gasteiger partial charge in [0.25, 0.3) is 0 Å². The Morgan fingerprint density at radius 1 is 1.00 bits per heavy atom. The molecule has 3 rings (SSSR count). The van der Waals surface area contributed by atoms with Gasteiger partial charge in [-0.2, -0.15) is 0 Å². The van der Waals surface area contributed by atoms with Crippen LogP contribution in [0.1, 0.15) is 5.56 Å². The largest absolute Gasteiger partial charge is 0.504 e. The summed E-state index contributed by atoms with van der Waals surface area (Å²) in [7, 11) is 0. The van der Waals surface area contributed by atoms with E-state index in [1.165, 1.54) is 12.2 Å². The van der Waals surface area contributed by atoms with Crippen LogP contribution in [0, 0.1) is 0 Å². The number of hydrogen-bond acceptors (Lipinski definition) is 5. The smallest absolute Gasteiger partial charge is 0.178 e. The standard InChI is InChI=1S/C14H10O5/c15-8-3-1-7(2-4-8)9-6-19-14-11(17)5-10(16)13(18)12(9)14/h1-5,16-18H,6H2. The van der Waals surface area contributed by atoms with E-state index in [0.29, 0.717) is 11.1 Å². The first-order chi connectivity index (χ1) is 9.08. The summed E-state index contributed by atoms with van der Waals surface area (Å²) in [5.41, 5.74) is 1.56. The lowest BCUT2D eigenvalue weighted by molar-refractivity contribution is -0.110. The summed E-state index contributed by atoms with van der Waals surface area (Å²) in [5.74, 6) is -0.977. The fourth-order valence-corrected chi connectivity index (χ4v) is 2.15. The van der Waals surface area contributed by atoms with Crippen molar-refractivity contribution in [1.82, 2.24) is 0 Å². The quantitative estimate of drug-likeness (QED) is 0.486. The Morgan fingerprint density at radius 3 is 2.37 bits per heavy atom. The van der Waals surface area contributed by atoms with Crippen molar-refractivity contribution in [3.05, 3.63) is 41.5 Å². The average molecular weight is 258 g/mol. The zero-order chi connectivity index (χ0) is 13.6. The zero-order valence-electron chi connectivity index (χ0n) is 9.75. The minimum Gasteiger partial charge on any atom is -0.504 e. The molecule has 0 fully saturated rings. The number of allylic oxidation sites excluding steroid dienone is 5. The van der Waals surface area contributed by atoms with Gasteiger partial charge in [0.15, 0.2) is 28.8 Å². The lowest BCUT2D eigenvalue weighted by Crippen LogP contribution is -1.96. The summed E-state index contributed by atoms with van der Waals surface area (Å²) in [6.07, 6.45) is 6.02. The predicted octanol–water partition coefficient (Wildman–Crippen LogP) is 1.64. The van der Waals surface area contributed by atoms with Crippen LogP contribution < -0.4 is 4.74 Å². The topological polar surface area (TPSA) is 87.0 Å². The van der Waals surface area contributed by atoms with Gasteiger partial charge >= 0.3 is 0 Å². The second kappa shape index (κ2) is 3.91. The van der Waals surface area contributed by atoms with Crippen LogP contribution in [0.3, 0.4) is 0 Å². The maximum absolute atomic E-state index is 11.1. The Hall–Kier alpha value is -2.69. The third kappa shape index (κ3) is 1.67. The average Bonchev–Trinajstić information content (AvgIpc) is 2.82. The van der Waals surface area contributed by atoms with Crippen molar-refractivity contribution < 1.29 is 24.9 Å². The van der Waals surface area contributed by atoms with E-state index in [9.17, 15) is 20.1 Å². The van der Waals surface area contributed by atoms with E-state index >= 15 is 0 Å². The highest BCUT2D eigenvalue weighted by Gasteiger charge is 2.29. The molecule has 0 spiro atoms. The first kappa shape index (κ1) is 11.4. The van der Waals surface area contributed by atoms with Crippen molar-refractivity contribution in [3.63, 3.8) is 0 Å². The molecule has 1 aromatic carbocycles. The number of benzene rings is 1. The van der Waals surface area contributed by atoms with Crippen LogP contribution in [0.25, 0.3) is 5.57 Å². The van der Waals surface area contributed by atoms with Crippen LogP contribution in [-0.2, 0) is 4.79 Å². The van der Waals surface area contributed by atoms with Crippen LogP contribution >= 0.6 is 0 Å². The van der Waals surface area contributed by atoms with Gasteiger partial charge in [0, 0.05) is 11.6 Å². The molecule has 5 nitrogen and oxygen atoms in total.